The van der Waals surface area contributed by atoms with Crippen LogP contribution >= 0.6 is 0 Å². The lowest BCUT2D eigenvalue weighted by atomic mass is 10.0. The highest BCUT2D eigenvalue weighted by Crippen LogP contribution is 2.13. The normalized spacial score (nSPS) is 11.9. The van der Waals surface area contributed by atoms with Crippen molar-refractivity contribution in [3.05, 3.63) is 69.6 Å². The first kappa shape index (κ1) is 21.4. The molecule has 150 valence electrons. The van der Waals surface area contributed by atoms with Crippen LogP contribution in [-0.4, -0.2) is 29.5 Å². The van der Waals surface area contributed by atoms with Crippen LogP contribution in [0.5, 0.6) is 0 Å². The molecule has 0 saturated carbocycles. The Morgan fingerprint density at radius 1 is 0.964 bits per heavy atom. The van der Waals surface area contributed by atoms with E-state index in [4.69, 9.17) is 0 Å². The minimum absolute atomic E-state index is 0.00809. The number of rotatable bonds is 8. The van der Waals surface area contributed by atoms with Crippen molar-refractivity contribution in [2.75, 3.05) is 13.1 Å². The van der Waals surface area contributed by atoms with Gasteiger partial charge in [0.2, 0.25) is 5.43 Å². The molecular weight excluding hydrogens is 354 g/mol. The van der Waals surface area contributed by atoms with Gasteiger partial charge in [0.15, 0.2) is 0 Å². The van der Waals surface area contributed by atoms with Crippen LogP contribution in [0.3, 0.4) is 0 Å². The largest absolute Gasteiger partial charge is 0.352 e. The Morgan fingerprint density at radius 3 is 2.07 bits per heavy atom. The van der Waals surface area contributed by atoms with E-state index >= 15 is 0 Å². The van der Waals surface area contributed by atoms with Gasteiger partial charge in [-0.3, -0.25) is 14.4 Å². The topological polar surface area (TPSA) is 80.2 Å². The Morgan fingerprint density at radius 2 is 1.54 bits per heavy atom. The first-order valence-electron chi connectivity index (χ1n) is 9.68. The lowest BCUT2D eigenvalue weighted by molar-refractivity contribution is 0.0949. The molecule has 1 aromatic carbocycles. The van der Waals surface area contributed by atoms with Crippen molar-refractivity contribution in [3.8, 4) is 0 Å². The van der Waals surface area contributed by atoms with E-state index in [9.17, 15) is 14.4 Å². The van der Waals surface area contributed by atoms with Gasteiger partial charge >= 0.3 is 0 Å². The minimum Gasteiger partial charge on any atom is -0.352 e. The summed E-state index contributed by atoms with van der Waals surface area (Å²) in [7, 11) is 0. The van der Waals surface area contributed by atoms with Crippen molar-refractivity contribution in [2.24, 2.45) is 5.92 Å². The zero-order valence-electron chi connectivity index (χ0n) is 17.0. The van der Waals surface area contributed by atoms with Gasteiger partial charge in [0.25, 0.3) is 11.8 Å². The van der Waals surface area contributed by atoms with Crippen molar-refractivity contribution in [2.45, 2.75) is 40.2 Å². The van der Waals surface area contributed by atoms with Crippen molar-refractivity contribution in [1.82, 2.24) is 15.2 Å². The van der Waals surface area contributed by atoms with Crippen molar-refractivity contribution < 1.29 is 9.59 Å². The van der Waals surface area contributed by atoms with E-state index < -0.39 is 17.2 Å². The van der Waals surface area contributed by atoms with Gasteiger partial charge in [-0.15, -0.1) is 0 Å². The van der Waals surface area contributed by atoms with E-state index in [-0.39, 0.29) is 17.0 Å². The molecule has 0 saturated heterocycles. The molecule has 0 radical (unpaired) electrons. The maximum Gasteiger partial charge on any atom is 0.256 e. The van der Waals surface area contributed by atoms with E-state index in [1.165, 1.54) is 12.4 Å². The number of carbonyl (C=O) groups is 2. The zero-order chi connectivity index (χ0) is 20.7. The number of pyridine rings is 1. The van der Waals surface area contributed by atoms with Crippen LogP contribution in [0.25, 0.3) is 0 Å². The van der Waals surface area contributed by atoms with Gasteiger partial charge in [0.05, 0.1) is 0 Å². The molecule has 0 unspecified atom stereocenters. The van der Waals surface area contributed by atoms with Crippen molar-refractivity contribution in [1.29, 1.82) is 0 Å². The molecule has 1 aromatic heterocycles. The third kappa shape index (κ3) is 5.55. The first-order chi connectivity index (χ1) is 13.3. The molecule has 1 atom stereocenters. The van der Waals surface area contributed by atoms with E-state index in [1.54, 1.807) is 11.5 Å². The first-order valence-corrected chi connectivity index (χ1v) is 9.68. The maximum absolute atomic E-state index is 12.7. The highest BCUT2D eigenvalue weighted by Gasteiger charge is 2.19. The van der Waals surface area contributed by atoms with Crippen LogP contribution in [0, 0.1) is 5.92 Å². The number of amides is 2. The molecule has 2 aromatic rings. The van der Waals surface area contributed by atoms with Crippen LogP contribution in [-0.2, 0) is 6.54 Å². The van der Waals surface area contributed by atoms with Crippen molar-refractivity contribution in [3.63, 3.8) is 0 Å². The third-order valence-corrected chi connectivity index (χ3v) is 4.42. The predicted octanol–water partition coefficient (Wildman–Crippen LogP) is 2.79. The average Bonchev–Trinajstić information content (AvgIpc) is 2.67. The standard InChI is InChI=1S/C22H29N3O3/c1-5-23-21(27)18-13-25(12-15(2)3)14-19(20(18)26)22(28)24-11-16(4)17-9-7-6-8-10-17/h6-10,13-16H,5,11-12H2,1-4H3,(H,23,27)(H,24,28)/t16-/m1/s1. The molecule has 28 heavy (non-hydrogen) atoms. The Hall–Kier alpha value is -2.89. The average molecular weight is 383 g/mol. The van der Waals surface area contributed by atoms with Gasteiger partial charge in [-0.05, 0) is 24.3 Å². The van der Waals surface area contributed by atoms with Crippen LogP contribution in [0.4, 0.5) is 0 Å². The summed E-state index contributed by atoms with van der Waals surface area (Å²) >= 11 is 0. The highest BCUT2D eigenvalue weighted by molar-refractivity contribution is 5.99. The monoisotopic (exact) mass is 383 g/mol. The lowest BCUT2D eigenvalue weighted by Crippen LogP contribution is -2.36. The van der Waals surface area contributed by atoms with Gasteiger partial charge in [-0.1, -0.05) is 51.1 Å². The molecular formula is C22H29N3O3. The number of nitrogens with zero attached hydrogens (tertiary/aromatic N) is 1. The summed E-state index contributed by atoms with van der Waals surface area (Å²) in [5, 5.41) is 5.47. The fourth-order valence-electron chi connectivity index (χ4n) is 2.98. The smallest absolute Gasteiger partial charge is 0.256 e. The van der Waals surface area contributed by atoms with Gasteiger partial charge < -0.3 is 15.2 Å². The second-order valence-electron chi connectivity index (χ2n) is 7.39. The fourth-order valence-corrected chi connectivity index (χ4v) is 2.98. The van der Waals surface area contributed by atoms with Crippen LogP contribution in [0.1, 0.15) is 59.9 Å². The molecule has 0 aliphatic carbocycles. The highest BCUT2D eigenvalue weighted by atomic mass is 16.2. The molecule has 0 aliphatic heterocycles. The Balaban J connectivity index is 2.26. The van der Waals surface area contributed by atoms with Gasteiger partial charge in [0, 0.05) is 32.0 Å². The lowest BCUT2D eigenvalue weighted by Gasteiger charge is -2.15. The molecule has 0 fully saturated rings. The summed E-state index contributed by atoms with van der Waals surface area (Å²) < 4.78 is 1.74. The van der Waals surface area contributed by atoms with E-state index in [2.05, 4.69) is 10.6 Å². The molecule has 0 spiro atoms. The molecule has 6 heteroatoms. The van der Waals surface area contributed by atoms with Gasteiger partial charge in [-0.2, -0.15) is 0 Å². The Bertz CT molecular complexity index is 872. The number of hydrogen-bond acceptors (Lipinski definition) is 3. The molecule has 1 heterocycles. The third-order valence-electron chi connectivity index (χ3n) is 4.42. The summed E-state index contributed by atoms with van der Waals surface area (Å²) in [6, 6.07) is 9.85. The Labute approximate surface area is 166 Å². The van der Waals surface area contributed by atoms with Crippen LogP contribution < -0.4 is 16.1 Å². The summed E-state index contributed by atoms with van der Waals surface area (Å²) in [4.78, 5) is 37.7. The zero-order valence-corrected chi connectivity index (χ0v) is 17.0. The summed E-state index contributed by atoms with van der Waals surface area (Å²) in [5.74, 6) is -0.512. The van der Waals surface area contributed by atoms with E-state index in [0.29, 0.717) is 25.6 Å². The van der Waals surface area contributed by atoms with E-state index in [1.807, 2.05) is 51.1 Å². The molecule has 2 rings (SSSR count). The quantitative estimate of drug-likeness (QED) is 0.736. The van der Waals surface area contributed by atoms with Crippen molar-refractivity contribution >= 4 is 11.8 Å². The number of carbonyl (C=O) groups excluding carboxylic acids is 2. The van der Waals surface area contributed by atoms with Crippen LogP contribution in [0.2, 0.25) is 0 Å². The van der Waals surface area contributed by atoms with Crippen LogP contribution in [0.15, 0.2) is 47.5 Å². The predicted molar refractivity (Wildman–Crippen MR) is 111 cm³/mol. The fraction of sp³-hybridized carbons (Fsp3) is 0.409. The summed E-state index contributed by atoms with van der Waals surface area (Å²) in [6.45, 7) is 9.28. The maximum atomic E-state index is 12.7. The Kier molecular flexibility index (Phi) is 7.55. The summed E-state index contributed by atoms with van der Waals surface area (Å²) in [5.41, 5.74) is 0.544. The molecule has 0 aliphatic rings. The molecule has 6 nitrogen and oxygen atoms in total. The summed E-state index contributed by atoms with van der Waals surface area (Å²) in [6.07, 6.45) is 3.06. The number of nitrogens with one attached hydrogen (secondary N) is 2. The second-order valence-corrected chi connectivity index (χ2v) is 7.39. The number of aromatic nitrogens is 1. The second kappa shape index (κ2) is 9.88. The minimum atomic E-state index is -0.546. The molecule has 2 amide bonds. The SMILES string of the molecule is CCNC(=O)c1cn(CC(C)C)cc(C(=O)NC[C@@H](C)c2ccccc2)c1=O. The number of benzene rings is 1. The molecule has 2 N–H and O–H groups in total. The van der Waals surface area contributed by atoms with Gasteiger partial charge in [0.1, 0.15) is 11.1 Å². The number of hydrogen-bond donors (Lipinski definition) is 2. The van der Waals surface area contributed by atoms with E-state index in [0.717, 1.165) is 5.56 Å². The molecule has 0 bridgehead atoms. The van der Waals surface area contributed by atoms with Gasteiger partial charge in [-0.25, -0.2) is 0 Å².